The lowest BCUT2D eigenvalue weighted by atomic mass is 10.1. The summed E-state index contributed by atoms with van der Waals surface area (Å²) < 4.78 is 11.4. The highest BCUT2D eigenvalue weighted by Gasteiger charge is 2.21. The summed E-state index contributed by atoms with van der Waals surface area (Å²) >= 11 is 0. The fourth-order valence-electron chi connectivity index (χ4n) is 3.01. The molecule has 1 aliphatic rings. The van der Waals surface area contributed by atoms with E-state index < -0.39 is 0 Å². The van der Waals surface area contributed by atoms with E-state index in [0.717, 1.165) is 50.8 Å². The number of ether oxygens (including phenoxy) is 2. The van der Waals surface area contributed by atoms with Crippen LogP contribution in [0.4, 0.5) is 0 Å². The van der Waals surface area contributed by atoms with Crippen LogP contribution < -0.4 is 10.1 Å². The number of guanidine groups is 1. The van der Waals surface area contributed by atoms with Crippen LogP contribution in [0.15, 0.2) is 29.3 Å². The second kappa shape index (κ2) is 12.4. The molecule has 6 heteroatoms. The molecule has 1 aromatic rings. The third-order valence-corrected chi connectivity index (χ3v) is 4.19. The lowest BCUT2D eigenvalue weighted by molar-refractivity contribution is 0.0263. The molecule has 1 saturated heterocycles. The number of nitrogens with one attached hydrogen (secondary N) is 1. The van der Waals surface area contributed by atoms with Crippen molar-refractivity contribution in [3.8, 4) is 5.75 Å². The fourth-order valence-corrected chi connectivity index (χ4v) is 3.01. The topological polar surface area (TPSA) is 46.1 Å². The molecule has 0 aliphatic carbocycles. The van der Waals surface area contributed by atoms with Crippen molar-refractivity contribution in [3.63, 3.8) is 0 Å². The van der Waals surface area contributed by atoms with Gasteiger partial charge in [0.05, 0.1) is 18.8 Å². The number of rotatable bonds is 7. The van der Waals surface area contributed by atoms with Gasteiger partial charge in [-0.25, -0.2) is 4.99 Å². The first-order chi connectivity index (χ1) is 12.1. The second-order valence-corrected chi connectivity index (χ2v) is 6.62. The molecule has 0 atom stereocenters. The van der Waals surface area contributed by atoms with Crippen LogP contribution >= 0.6 is 24.0 Å². The Labute approximate surface area is 175 Å². The minimum atomic E-state index is 0. The lowest BCUT2D eigenvalue weighted by Crippen LogP contribution is -2.47. The zero-order chi connectivity index (χ0) is 18.1. The van der Waals surface area contributed by atoms with Gasteiger partial charge in [0.25, 0.3) is 0 Å². The monoisotopic (exact) mass is 475 g/mol. The van der Waals surface area contributed by atoms with Crippen molar-refractivity contribution in [2.24, 2.45) is 4.99 Å². The summed E-state index contributed by atoms with van der Waals surface area (Å²) in [6.45, 7) is 12.6. The van der Waals surface area contributed by atoms with Crippen molar-refractivity contribution in [2.75, 3.05) is 26.2 Å². The van der Waals surface area contributed by atoms with Gasteiger partial charge < -0.3 is 19.7 Å². The highest BCUT2D eigenvalue weighted by Crippen LogP contribution is 2.16. The van der Waals surface area contributed by atoms with E-state index in [-0.39, 0.29) is 30.1 Å². The van der Waals surface area contributed by atoms with E-state index in [1.165, 1.54) is 5.56 Å². The zero-order valence-corrected chi connectivity index (χ0v) is 18.9. The molecule has 0 radical (unpaired) electrons. The Hall–Kier alpha value is -1.02. The maximum absolute atomic E-state index is 5.74. The first-order valence-electron chi connectivity index (χ1n) is 9.52. The maximum atomic E-state index is 5.74. The van der Waals surface area contributed by atoms with Gasteiger partial charge in [0.15, 0.2) is 5.96 Å². The molecule has 2 rings (SSSR count). The van der Waals surface area contributed by atoms with Gasteiger partial charge >= 0.3 is 0 Å². The molecule has 26 heavy (non-hydrogen) atoms. The molecule has 148 valence electrons. The summed E-state index contributed by atoms with van der Waals surface area (Å²) in [5.41, 5.74) is 1.19. The number of halogens is 1. The van der Waals surface area contributed by atoms with Gasteiger partial charge in [-0.05, 0) is 58.2 Å². The molecule has 0 bridgehead atoms. The van der Waals surface area contributed by atoms with Crippen LogP contribution in [0.2, 0.25) is 0 Å². The van der Waals surface area contributed by atoms with Crippen molar-refractivity contribution in [1.82, 2.24) is 10.2 Å². The Bertz CT molecular complexity index is 526. The molecule has 0 spiro atoms. The Morgan fingerprint density at radius 2 is 1.85 bits per heavy atom. The molecule has 1 N–H and O–H groups in total. The van der Waals surface area contributed by atoms with E-state index in [0.29, 0.717) is 12.6 Å². The van der Waals surface area contributed by atoms with Crippen LogP contribution in [0.3, 0.4) is 0 Å². The molecule has 0 amide bonds. The van der Waals surface area contributed by atoms with Crippen molar-refractivity contribution in [1.29, 1.82) is 0 Å². The first kappa shape index (κ1) is 23.0. The standard InChI is InChI=1S/C20H33N3O2.HI/c1-5-21-20(23-13-11-18(12-14-23)24-6-2)22-15-17-7-9-19(10-8-17)25-16(3)4;/h7-10,16,18H,5-6,11-15H2,1-4H3,(H,21,22);1H. The quantitative estimate of drug-likeness (QED) is 0.367. The van der Waals surface area contributed by atoms with Crippen molar-refractivity contribution >= 4 is 29.9 Å². The van der Waals surface area contributed by atoms with Gasteiger partial charge in [-0.1, -0.05) is 12.1 Å². The third kappa shape index (κ3) is 7.70. The number of hydrogen-bond donors (Lipinski definition) is 1. The van der Waals surface area contributed by atoms with Crippen molar-refractivity contribution in [2.45, 2.75) is 59.3 Å². The molecule has 0 aromatic heterocycles. The van der Waals surface area contributed by atoms with E-state index in [9.17, 15) is 0 Å². The largest absolute Gasteiger partial charge is 0.491 e. The summed E-state index contributed by atoms with van der Waals surface area (Å²) in [7, 11) is 0. The highest BCUT2D eigenvalue weighted by molar-refractivity contribution is 14.0. The number of hydrogen-bond acceptors (Lipinski definition) is 3. The SMILES string of the molecule is CCNC(=NCc1ccc(OC(C)C)cc1)N1CCC(OCC)CC1.I. The summed E-state index contributed by atoms with van der Waals surface area (Å²) in [6.07, 6.45) is 2.74. The molecule has 0 unspecified atom stereocenters. The number of piperidine rings is 1. The first-order valence-corrected chi connectivity index (χ1v) is 9.52. The van der Waals surface area contributed by atoms with Crippen LogP contribution in [-0.4, -0.2) is 49.3 Å². The van der Waals surface area contributed by atoms with Crippen molar-refractivity contribution < 1.29 is 9.47 Å². The summed E-state index contributed by atoms with van der Waals surface area (Å²) in [5.74, 6) is 1.91. The van der Waals surface area contributed by atoms with Crippen molar-refractivity contribution in [3.05, 3.63) is 29.8 Å². The van der Waals surface area contributed by atoms with Gasteiger partial charge in [0, 0.05) is 26.2 Å². The van der Waals surface area contributed by atoms with Gasteiger partial charge in [-0.15, -0.1) is 24.0 Å². The van der Waals surface area contributed by atoms with E-state index >= 15 is 0 Å². The molecular formula is C20H34IN3O2. The predicted octanol–water partition coefficient (Wildman–Crippen LogP) is 4.06. The molecule has 1 heterocycles. The zero-order valence-electron chi connectivity index (χ0n) is 16.5. The second-order valence-electron chi connectivity index (χ2n) is 6.62. The molecular weight excluding hydrogens is 441 g/mol. The summed E-state index contributed by atoms with van der Waals surface area (Å²) in [5, 5.41) is 3.42. The highest BCUT2D eigenvalue weighted by atomic mass is 127. The molecule has 1 fully saturated rings. The summed E-state index contributed by atoms with van der Waals surface area (Å²) in [4.78, 5) is 7.16. The van der Waals surface area contributed by atoms with Crippen LogP contribution in [0.25, 0.3) is 0 Å². The average molecular weight is 475 g/mol. The molecule has 5 nitrogen and oxygen atoms in total. The van der Waals surface area contributed by atoms with Crippen LogP contribution in [0.1, 0.15) is 46.1 Å². The molecule has 1 aromatic carbocycles. The minimum absolute atomic E-state index is 0. The predicted molar refractivity (Wildman–Crippen MR) is 119 cm³/mol. The van der Waals surface area contributed by atoms with Gasteiger partial charge in [-0.3, -0.25) is 0 Å². The fraction of sp³-hybridized carbons (Fsp3) is 0.650. The minimum Gasteiger partial charge on any atom is -0.491 e. The number of benzene rings is 1. The third-order valence-electron chi connectivity index (χ3n) is 4.19. The van der Waals surface area contributed by atoms with E-state index in [1.54, 1.807) is 0 Å². The van der Waals surface area contributed by atoms with Crippen LogP contribution in [0.5, 0.6) is 5.75 Å². The average Bonchev–Trinajstić information content (AvgIpc) is 2.60. The maximum Gasteiger partial charge on any atom is 0.194 e. The Morgan fingerprint density at radius 1 is 1.19 bits per heavy atom. The smallest absolute Gasteiger partial charge is 0.194 e. The van der Waals surface area contributed by atoms with Gasteiger partial charge in [0.2, 0.25) is 0 Å². The van der Waals surface area contributed by atoms with E-state index in [4.69, 9.17) is 14.5 Å². The van der Waals surface area contributed by atoms with Crippen LogP contribution in [-0.2, 0) is 11.3 Å². The number of aliphatic imine (C=N–C) groups is 1. The Morgan fingerprint density at radius 3 is 2.38 bits per heavy atom. The number of nitrogens with zero attached hydrogens (tertiary/aromatic N) is 2. The van der Waals surface area contributed by atoms with Gasteiger partial charge in [-0.2, -0.15) is 0 Å². The molecule has 1 aliphatic heterocycles. The Kier molecular flexibility index (Phi) is 11.0. The summed E-state index contributed by atoms with van der Waals surface area (Å²) in [6, 6.07) is 8.22. The number of likely N-dealkylation sites (tertiary alicyclic amines) is 1. The molecule has 0 saturated carbocycles. The van der Waals surface area contributed by atoms with E-state index in [1.807, 2.05) is 26.0 Å². The normalized spacial score (nSPS) is 15.7. The lowest BCUT2D eigenvalue weighted by Gasteiger charge is -2.34. The van der Waals surface area contributed by atoms with E-state index in [2.05, 4.69) is 36.2 Å². The van der Waals surface area contributed by atoms with Gasteiger partial charge in [0.1, 0.15) is 5.75 Å². The Balaban J connectivity index is 0.00000338. The van der Waals surface area contributed by atoms with Crippen LogP contribution in [0, 0.1) is 0 Å².